The number of nitrogens with zero attached hydrogens (tertiary/aromatic N) is 1. The van der Waals surface area contributed by atoms with Gasteiger partial charge in [0.1, 0.15) is 0 Å². The number of nitriles is 1. The fraction of sp³-hybridized carbons (Fsp3) is 0.231. The molecule has 0 spiro atoms. The molecule has 0 aliphatic rings. The first-order valence-electron chi connectivity index (χ1n) is 5.64. The van der Waals surface area contributed by atoms with E-state index in [2.05, 4.69) is 16.7 Å². The zero-order chi connectivity index (χ0) is 12.8. The van der Waals surface area contributed by atoms with Gasteiger partial charge < -0.3 is 10.6 Å². The van der Waals surface area contributed by atoms with Crippen molar-refractivity contribution in [3.63, 3.8) is 0 Å². The van der Waals surface area contributed by atoms with E-state index >= 15 is 0 Å². The summed E-state index contributed by atoms with van der Waals surface area (Å²) < 4.78 is 1.24. The van der Waals surface area contributed by atoms with E-state index in [1.54, 1.807) is 11.3 Å². The Balaban J connectivity index is 1.86. The smallest absolute Gasteiger partial charge is 0.239 e. The van der Waals surface area contributed by atoms with E-state index in [-0.39, 0.29) is 12.5 Å². The number of nitrogens with one attached hydrogen (secondary N) is 2. The molecule has 0 saturated carbocycles. The summed E-state index contributed by atoms with van der Waals surface area (Å²) in [7, 11) is 0. The van der Waals surface area contributed by atoms with Gasteiger partial charge in [0.15, 0.2) is 0 Å². The normalized spacial score (nSPS) is 9.94. The van der Waals surface area contributed by atoms with E-state index in [0.717, 1.165) is 5.69 Å². The van der Waals surface area contributed by atoms with Crippen LogP contribution in [0.3, 0.4) is 0 Å². The molecule has 1 aromatic heterocycles. The highest BCUT2D eigenvalue weighted by atomic mass is 32.1. The standard InChI is InChI=1S/C13H13N3OS/c14-5-1-6-15-13(17)9-16-11-2-3-12-10(8-11)4-7-18-12/h2-4,7-8,16H,1,6,9H2,(H,15,17). The third-order valence-corrected chi connectivity index (χ3v) is 3.36. The second-order valence-corrected chi connectivity index (χ2v) is 4.73. The van der Waals surface area contributed by atoms with Crippen LogP contribution in [0.25, 0.3) is 10.1 Å². The van der Waals surface area contributed by atoms with Crippen LogP contribution in [0, 0.1) is 11.3 Å². The molecule has 4 nitrogen and oxygen atoms in total. The van der Waals surface area contributed by atoms with Crippen molar-refractivity contribution < 1.29 is 4.79 Å². The monoisotopic (exact) mass is 259 g/mol. The lowest BCUT2D eigenvalue weighted by molar-refractivity contribution is -0.119. The van der Waals surface area contributed by atoms with Gasteiger partial charge in [0.25, 0.3) is 0 Å². The topological polar surface area (TPSA) is 64.9 Å². The molecule has 0 bridgehead atoms. The highest BCUT2D eigenvalue weighted by Gasteiger charge is 2.01. The Bertz CT molecular complexity index is 585. The Morgan fingerprint density at radius 1 is 1.39 bits per heavy atom. The first-order valence-corrected chi connectivity index (χ1v) is 6.52. The largest absolute Gasteiger partial charge is 0.376 e. The molecule has 0 aliphatic heterocycles. The van der Waals surface area contributed by atoms with Gasteiger partial charge in [0.05, 0.1) is 19.0 Å². The zero-order valence-corrected chi connectivity index (χ0v) is 10.6. The van der Waals surface area contributed by atoms with Crippen LogP contribution in [0.1, 0.15) is 6.42 Å². The number of benzene rings is 1. The number of thiophene rings is 1. The molecule has 2 N–H and O–H groups in total. The maximum atomic E-state index is 11.4. The minimum Gasteiger partial charge on any atom is -0.376 e. The Morgan fingerprint density at radius 2 is 2.28 bits per heavy atom. The van der Waals surface area contributed by atoms with Crippen LogP contribution in [0.5, 0.6) is 0 Å². The Labute approximate surface area is 109 Å². The van der Waals surface area contributed by atoms with E-state index in [9.17, 15) is 4.79 Å². The maximum absolute atomic E-state index is 11.4. The molecule has 18 heavy (non-hydrogen) atoms. The molecule has 0 aliphatic carbocycles. The molecule has 92 valence electrons. The summed E-state index contributed by atoms with van der Waals surface area (Å²) in [5.41, 5.74) is 0.927. The van der Waals surface area contributed by atoms with E-state index in [1.165, 1.54) is 10.1 Å². The summed E-state index contributed by atoms with van der Waals surface area (Å²) in [6, 6.07) is 10.1. The van der Waals surface area contributed by atoms with Gasteiger partial charge >= 0.3 is 0 Å². The van der Waals surface area contributed by atoms with Crippen molar-refractivity contribution in [2.24, 2.45) is 0 Å². The van der Waals surface area contributed by atoms with Crippen LogP contribution < -0.4 is 10.6 Å². The van der Waals surface area contributed by atoms with Crippen LogP contribution in [0.2, 0.25) is 0 Å². The van der Waals surface area contributed by atoms with Gasteiger partial charge in [-0.15, -0.1) is 11.3 Å². The van der Waals surface area contributed by atoms with Crippen molar-refractivity contribution in [1.29, 1.82) is 5.26 Å². The van der Waals surface area contributed by atoms with Gasteiger partial charge in [-0.05, 0) is 35.0 Å². The Kier molecular flexibility index (Phi) is 4.15. The van der Waals surface area contributed by atoms with E-state index in [0.29, 0.717) is 13.0 Å². The van der Waals surface area contributed by atoms with Crippen LogP contribution in [-0.4, -0.2) is 19.0 Å². The summed E-state index contributed by atoms with van der Waals surface area (Å²) in [6.07, 6.45) is 0.340. The highest BCUT2D eigenvalue weighted by molar-refractivity contribution is 7.17. The summed E-state index contributed by atoms with van der Waals surface area (Å²) in [5, 5.41) is 17.3. The fourth-order valence-corrected chi connectivity index (χ4v) is 2.35. The molecule has 5 heteroatoms. The van der Waals surface area contributed by atoms with Gasteiger partial charge in [0.2, 0.25) is 5.91 Å². The van der Waals surface area contributed by atoms with Crippen molar-refractivity contribution >= 4 is 33.0 Å². The van der Waals surface area contributed by atoms with Crippen LogP contribution in [-0.2, 0) is 4.79 Å². The Hall–Kier alpha value is -2.06. The molecule has 2 aromatic rings. The molecule has 1 heterocycles. The molecule has 1 amide bonds. The van der Waals surface area contributed by atoms with E-state index in [4.69, 9.17) is 5.26 Å². The molecular weight excluding hydrogens is 246 g/mol. The van der Waals surface area contributed by atoms with Crippen molar-refractivity contribution in [2.75, 3.05) is 18.4 Å². The van der Waals surface area contributed by atoms with Crippen molar-refractivity contribution in [1.82, 2.24) is 5.32 Å². The predicted octanol–water partition coefficient (Wildman–Crippen LogP) is 2.34. The molecule has 0 unspecified atom stereocenters. The summed E-state index contributed by atoms with van der Waals surface area (Å²) in [6.45, 7) is 0.627. The average Bonchev–Trinajstić information content (AvgIpc) is 2.84. The lowest BCUT2D eigenvalue weighted by atomic mass is 10.2. The molecular formula is C13H13N3OS. The predicted molar refractivity (Wildman–Crippen MR) is 73.6 cm³/mol. The number of carbonyl (C=O) groups excluding carboxylic acids is 1. The van der Waals surface area contributed by atoms with Gasteiger partial charge in [-0.25, -0.2) is 0 Å². The zero-order valence-electron chi connectivity index (χ0n) is 9.77. The number of rotatable bonds is 5. The molecule has 0 saturated heterocycles. The van der Waals surface area contributed by atoms with Crippen LogP contribution in [0.4, 0.5) is 5.69 Å². The maximum Gasteiger partial charge on any atom is 0.239 e. The van der Waals surface area contributed by atoms with Crippen molar-refractivity contribution in [3.05, 3.63) is 29.6 Å². The van der Waals surface area contributed by atoms with Crippen LogP contribution in [0.15, 0.2) is 29.6 Å². The fourth-order valence-electron chi connectivity index (χ4n) is 1.58. The Morgan fingerprint density at radius 3 is 3.11 bits per heavy atom. The van der Waals surface area contributed by atoms with Gasteiger partial charge in [-0.3, -0.25) is 4.79 Å². The molecule has 0 atom stereocenters. The number of hydrogen-bond donors (Lipinski definition) is 2. The quantitative estimate of drug-likeness (QED) is 0.810. The first kappa shape index (κ1) is 12.4. The van der Waals surface area contributed by atoms with Crippen LogP contribution >= 0.6 is 11.3 Å². The lowest BCUT2D eigenvalue weighted by Crippen LogP contribution is -2.30. The molecule has 0 fully saturated rings. The SMILES string of the molecule is N#CCCNC(=O)CNc1ccc2sccc2c1. The molecule has 1 aromatic carbocycles. The number of amides is 1. The number of hydrogen-bond acceptors (Lipinski definition) is 4. The third-order valence-electron chi connectivity index (χ3n) is 2.46. The second-order valence-electron chi connectivity index (χ2n) is 3.78. The van der Waals surface area contributed by atoms with Gasteiger partial charge in [0, 0.05) is 16.9 Å². The minimum atomic E-state index is -0.101. The average molecular weight is 259 g/mol. The van der Waals surface area contributed by atoms with E-state index in [1.807, 2.05) is 29.6 Å². The first-order chi connectivity index (χ1) is 8.79. The van der Waals surface area contributed by atoms with Crippen molar-refractivity contribution in [3.8, 4) is 6.07 Å². The molecule has 2 rings (SSSR count). The molecule has 0 radical (unpaired) electrons. The summed E-state index contributed by atoms with van der Waals surface area (Å²) in [4.78, 5) is 11.4. The second kappa shape index (κ2) is 6.03. The number of fused-ring (bicyclic) bond motifs is 1. The highest BCUT2D eigenvalue weighted by Crippen LogP contribution is 2.23. The summed E-state index contributed by atoms with van der Waals surface area (Å²) >= 11 is 1.70. The van der Waals surface area contributed by atoms with Crippen molar-refractivity contribution in [2.45, 2.75) is 6.42 Å². The summed E-state index contributed by atoms with van der Waals surface area (Å²) in [5.74, 6) is -0.101. The van der Waals surface area contributed by atoms with Gasteiger partial charge in [-0.1, -0.05) is 0 Å². The van der Waals surface area contributed by atoms with E-state index < -0.39 is 0 Å². The van der Waals surface area contributed by atoms with Gasteiger partial charge in [-0.2, -0.15) is 5.26 Å². The number of anilines is 1. The third kappa shape index (κ3) is 3.22. The number of carbonyl (C=O) groups is 1. The lowest BCUT2D eigenvalue weighted by Gasteiger charge is -2.06. The minimum absolute atomic E-state index is 0.101.